The molecule has 1 aromatic heterocycles. The van der Waals surface area contributed by atoms with Crippen LogP contribution in [0.5, 0.6) is 5.75 Å². The summed E-state index contributed by atoms with van der Waals surface area (Å²) < 4.78 is 8.16. The fraction of sp³-hybridized carbons (Fsp3) is 0.250. The van der Waals surface area contributed by atoms with E-state index in [9.17, 15) is 0 Å². The Bertz CT molecular complexity index is 493. The second-order valence-corrected chi connectivity index (χ2v) is 4.77. The van der Waals surface area contributed by atoms with E-state index in [1.807, 2.05) is 31.2 Å². The minimum absolute atomic E-state index is 0.682. The second kappa shape index (κ2) is 5.39. The molecule has 0 aliphatic heterocycles. The molecular weight excluding hydrogens is 329 g/mol. The van der Waals surface area contributed by atoms with Gasteiger partial charge < -0.3 is 10.5 Å². The van der Waals surface area contributed by atoms with Crippen molar-refractivity contribution in [3.63, 3.8) is 0 Å². The SMILES string of the molecule is CCOc1ccc(Cn2ncc(I)c2N)cc1. The van der Waals surface area contributed by atoms with Crippen molar-refractivity contribution in [2.24, 2.45) is 0 Å². The Hall–Kier alpha value is -1.24. The van der Waals surface area contributed by atoms with Crippen molar-refractivity contribution in [3.05, 3.63) is 39.6 Å². The molecule has 1 heterocycles. The van der Waals surface area contributed by atoms with E-state index in [4.69, 9.17) is 10.5 Å². The Labute approximate surface area is 114 Å². The van der Waals surface area contributed by atoms with Crippen molar-refractivity contribution in [2.45, 2.75) is 13.5 Å². The van der Waals surface area contributed by atoms with Crippen molar-refractivity contribution in [1.29, 1.82) is 0 Å². The first-order valence-corrected chi connectivity index (χ1v) is 6.47. The third-order valence-corrected chi connectivity index (χ3v) is 3.23. The topological polar surface area (TPSA) is 53.1 Å². The molecule has 0 unspecified atom stereocenters. The van der Waals surface area contributed by atoms with E-state index in [1.54, 1.807) is 10.9 Å². The summed E-state index contributed by atoms with van der Waals surface area (Å²) in [4.78, 5) is 0. The van der Waals surface area contributed by atoms with E-state index >= 15 is 0 Å². The van der Waals surface area contributed by atoms with Crippen molar-refractivity contribution in [1.82, 2.24) is 9.78 Å². The Balaban J connectivity index is 2.11. The number of anilines is 1. The standard InChI is InChI=1S/C12H14IN3O/c1-2-17-10-5-3-9(4-6-10)8-16-12(14)11(13)7-15-16/h3-7H,2,8,14H2,1H3. The van der Waals surface area contributed by atoms with Gasteiger partial charge in [0.1, 0.15) is 11.6 Å². The lowest BCUT2D eigenvalue weighted by atomic mass is 10.2. The number of rotatable bonds is 4. The summed E-state index contributed by atoms with van der Waals surface area (Å²) in [6.45, 7) is 3.34. The van der Waals surface area contributed by atoms with E-state index in [-0.39, 0.29) is 0 Å². The maximum Gasteiger partial charge on any atom is 0.135 e. The van der Waals surface area contributed by atoms with Gasteiger partial charge in [-0.3, -0.25) is 0 Å². The number of nitrogen functional groups attached to an aromatic ring is 1. The summed E-state index contributed by atoms with van der Waals surface area (Å²) in [7, 11) is 0. The number of hydrogen-bond acceptors (Lipinski definition) is 3. The summed E-state index contributed by atoms with van der Waals surface area (Å²) in [6, 6.07) is 7.98. The summed E-state index contributed by atoms with van der Waals surface area (Å²) in [5.41, 5.74) is 7.05. The first-order chi connectivity index (χ1) is 8.20. The molecule has 5 heteroatoms. The van der Waals surface area contributed by atoms with Crippen LogP contribution in [0.1, 0.15) is 12.5 Å². The van der Waals surface area contributed by atoms with Gasteiger partial charge in [-0.1, -0.05) is 12.1 Å². The molecule has 0 fully saturated rings. The van der Waals surface area contributed by atoms with Gasteiger partial charge in [0.05, 0.1) is 22.9 Å². The molecule has 2 N–H and O–H groups in total. The zero-order valence-electron chi connectivity index (χ0n) is 9.56. The fourth-order valence-corrected chi connectivity index (χ4v) is 1.93. The molecule has 0 radical (unpaired) electrons. The molecule has 0 bridgehead atoms. The largest absolute Gasteiger partial charge is 0.494 e. The van der Waals surface area contributed by atoms with Gasteiger partial charge in [-0.15, -0.1) is 0 Å². The van der Waals surface area contributed by atoms with Crippen LogP contribution < -0.4 is 10.5 Å². The molecule has 0 saturated heterocycles. The maximum atomic E-state index is 5.90. The first-order valence-electron chi connectivity index (χ1n) is 5.39. The van der Waals surface area contributed by atoms with Crippen LogP contribution in [0.2, 0.25) is 0 Å². The van der Waals surface area contributed by atoms with Gasteiger partial charge in [0, 0.05) is 0 Å². The molecule has 0 aliphatic rings. The van der Waals surface area contributed by atoms with Gasteiger partial charge in [0.2, 0.25) is 0 Å². The minimum atomic E-state index is 0.682. The average Bonchev–Trinajstić information content (AvgIpc) is 2.64. The lowest BCUT2D eigenvalue weighted by Gasteiger charge is -2.06. The summed E-state index contributed by atoms with van der Waals surface area (Å²) in [5.74, 6) is 1.60. The Morgan fingerprint density at radius 3 is 2.59 bits per heavy atom. The highest BCUT2D eigenvalue weighted by Gasteiger charge is 2.04. The molecule has 4 nitrogen and oxygen atoms in total. The van der Waals surface area contributed by atoms with Gasteiger partial charge in [0.15, 0.2) is 0 Å². The highest BCUT2D eigenvalue weighted by atomic mass is 127. The lowest BCUT2D eigenvalue weighted by molar-refractivity contribution is 0.340. The van der Waals surface area contributed by atoms with Crippen LogP contribution in [0, 0.1) is 3.57 Å². The van der Waals surface area contributed by atoms with Gasteiger partial charge in [0.25, 0.3) is 0 Å². The van der Waals surface area contributed by atoms with Crippen molar-refractivity contribution < 1.29 is 4.74 Å². The van der Waals surface area contributed by atoms with Gasteiger partial charge in [-0.25, -0.2) is 4.68 Å². The zero-order valence-corrected chi connectivity index (χ0v) is 11.7. The molecule has 0 saturated carbocycles. The Kier molecular flexibility index (Phi) is 3.88. The highest BCUT2D eigenvalue weighted by molar-refractivity contribution is 14.1. The number of nitrogens with two attached hydrogens (primary N) is 1. The molecule has 2 rings (SSSR count). The molecular formula is C12H14IN3O. The van der Waals surface area contributed by atoms with Gasteiger partial charge in [-0.2, -0.15) is 5.10 Å². The van der Waals surface area contributed by atoms with Gasteiger partial charge >= 0.3 is 0 Å². The molecule has 2 aromatic rings. The summed E-state index contributed by atoms with van der Waals surface area (Å²) in [6.07, 6.45) is 1.77. The Morgan fingerprint density at radius 1 is 1.35 bits per heavy atom. The van der Waals surface area contributed by atoms with Crippen LogP contribution in [0.25, 0.3) is 0 Å². The number of ether oxygens (including phenoxy) is 1. The number of hydrogen-bond donors (Lipinski definition) is 1. The fourth-order valence-electron chi connectivity index (χ4n) is 1.53. The predicted octanol–water partition coefficient (Wildman–Crippen LogP) is 2.52. The predicted molar refractivity (Wildman–Crippen MR) is 76.1 cm³/mol. The zero-order chi connectivity index (χ0) is 12.3. The lowest BCUT2D eigenvalue weighted by Crippen LogP contribution is -2.06. The van der Waals surface area contributed by atoms with E-state index in [0.717, 1.165) is 14.9 Å². The average molecular weight is 343 g/mol. The van der Waals surface area contributed by atoms with Crippen LogP contribution in [0.3, 0.4) is 0 Å². The van der Waals surface area contributed by atoms with Crippen LogP contribution in [0.4, 0.5) is 5.82 Å². The van der Waals surface area contributed by atoms with E-state index < -0.39 is 0 Å². The Morgan fingerprint density at radius 2 is 2.06 bits per heavy atom. The molecule has 17 heavy (non-hydrogen) atoms. The quantitative estimate of drug-likeness (QED) is 0.868. The van der Waals surface area contributed by atoms with Crippen LogP contribution in [-0.4, -0.2) is 16.4 Å². The first kappa shape index (κ1) is 12.2. The van der Waals surface area contributed by atoms with Crippen LogP contribution >= 0.6 is 22.6 Å². The number of aromatic nitrogens is 2. The monoisotopic (exact) mass is 343 g/mol. The smallest absolute Gasteiger partial charge is 0.135 e. The molecule has 0 spiro atoms. The van der Waals surface area contributed by atoms with E-state index in [2.05, 4.69) is 27.7 Å². The minimum Gasteiger partial charge on any atom is -0.494 e. The number of halogens is 1. The molecule has 0 atom stereocenters. The van der Waals surface area contributed by atoms with Crippen molar-refractivity contribution >= 4 is 28.4 Å². The molecule has 90 valence electrons. The maximum absolute atomic E-state index is 5.90. The molecule has 0 aliphatic carbocycles. The molecule has 1 aromatic carbocycles. The third kappa shape index (κ3) is 2.91. The molecule has 0 amide bonds. The third-order valence-electron chi connectivity index (χ3n) is 2.40. The summed E-state index contributed by atoms with van der Waals surface area (Å²) >= 11 is 2.18. The number of benzene rings is 1. The second-order valence-electron chi connectivity index (χ2n) is 3.61. The summed E-state index contributed by atoms with van der Waals surface area (Å²) in [5, 5.41) is 4.22. The van der Waals surface area contributed by atoms with Crippen molar-refractivity contribution in [2.75, 3.05) is 12.3 Å². The van der Waals surface area contributed by atoms with Gasteiger partial charge in [-0.05, 0) is 47.2 Å². The van der Waals surface area contributed by atoms with E-state index in [0.29, 0.717) is 19.0 Å². The van der Waals surface area contributed by atoms with E-state index in [1.165, 1.54) is 0 Å². The van der Waals surface area contributed by atoms with Crippen LogP contribution in [0.15, 0.2) is 30.5 Å². The normalized spacial score (nSPS) is 10.5. The van der Waals surface area contributed by atoms with Crippen molar-refractivity contribution in [3.8, 4) is 5.75 Å². The van der Waals surface area contributed by atoms with Crippen LogP contribution in [-0.2, 0) is 6.54 Å². The number of nitrogens with zero attached hydrogens (tertiary/aromatic N) is 2. The highest BCUT2D eigenvalue weighted by Crippen LogP contribution is 2.17.